The van der Waals surface area contributed by atoms with Crippen LogP contribution in [0.4, 0.5) is 5.69 Å². The number of hydrogen-bond acceptors (Lipinski definition) is 5. The number of rotatable bonds is 3. The zero-order valence-electron chi connectivity index (χ0n) is 15.0. The van der Waals surface area contributed by atoms with E-state index in [4.69, 9.17) is 8.74 Å². The molecular formula is C19H26N2O4S. The molecule has 142 valence electrons. The summed E-state index contributed by atoms with van der Waals surface area (Å²) >= 11 is 0. The highest BCUT2D eigenvalue weighted by atomic mass is 32.3. The second-order valence-electron chi connectivity index (χ2n) is 8.48. The number of nitrogens with one attached hydrogen (secondary N) is 1. The van der Waals surface area contributed by atoms with E-state index in [-0.39, 0.29) is 5.75 Å². The molecule has 5 aliphatic rings. The number of fused-ring (bicyclic) bond motifs is 4. The average molecular weight is 378 g/mol. The third kappa shape index (κ3) is 2.63. The first-order valence-electron chi connectivity index (χ1n) is 9.74. The van der Waals surface area contributed by atoms with Gasteiger partial charge in [0.1, 0.15) is 5.75 Å². The monoisotopic (exact) mass is 378 g/mol. The number of nitrogens with zero attached hydrogens (tertiary/aromatic N) is 1. The van der Waals surface area contributed by atoms with Crippen LogP contribution in [-0.2, 0) is 10.4 Å². The van der Waals surface area contributed by atoms with Crippen LogP contribution in [0.2, 0.25) is 0 Å². The van der Waals surface area contributed by atoms with Crippen molar-refractivity contribution in [2.45, 2.75) is 50.6 Å². The molecule has 0 amide bonds. The Labute approximate surface area is 154 Å². The fourth-order valence-corrected chi connectivity index (χ4v) is 6.73. The van der Waals surface area contributed by atoms with E-state index >= 15 is 0 Å². The molecule has 6 nitrogen and oxygen atoms in total. The van der Waals surface area contributed by atoms with Gasteiger partial charge in [0, 0.05) is 30.2 Å². The second-order valence-corrected chi connectivity index (χ2v) is 9.50. The van der Waals surface area contributed by atoms with E-state index in [0.717, 1.165) is 36.1 Å². The van der Waals surface area contributed by atoms with Gasteiger partial charge in [-0.15, -0.1) is 0 Å². The Morgan fingerprint density at radius 3 is 2.96 bits per heavy atom. The molecule has 4 aliphatic heterocycles. The SMILES string of the molecule is CC[C@H]1C[C@@H]2C[C@H]3C4Nc5ccc(OS(=O)(=O)O)cc5C4CCN(C2)[C@@H]13. The fourth-order valence-electron chi connectivity index (χ4n) is 6.39. The molecule has 1 aromatic rings. The zero-order chi connectivity index (χ0) is 18.1. The topological polar surface area (TPSA) is 78.9 Å². The van der Waals surface area contributed by atoms with Crippen LogP contribution < -0.4 is 9.50 Å². The van der Waals surface area contributed by atoms with Crippen molar-refractivity contribution < 1.29 is 17.2 Å². The quantitative estimate of drug-likeness (QED) is 0.788. The summed E-state index contributed by atoms with van der Waals surface area (Å²) in [5.74, 6) is 2.84. The van der Waals surface area contributed by atoms with Crippen LogP contribution in [-0.4, -0.2) is 43.0 Å². The van der Waals surface area contributed by atoms with Crippen molar-refractivity contribution in [2.75, 3.05) is 18.4 Å². The molecule has 2 N–H and O–H groups in total. The maximum atomic E-state index is 11.1. The lowest BCUT2D eigenvalue weighted by molar-refractivity contribution is -0.0383. The van der Waals surface area contributed by atoms with E-state index in [1.165, 1.54) is 25.8 Å². The van der Waals surface area contributed by atoms with Crippen LogP contribution >= 0.6 is 0 Å². The summed E-state index contributed by atoms with van der Waals surface area (Å²) in [5, 5.41) is 3.76. The second kappa shape index (κ2) is 5.84. The van der Waals surface area contributed by atoms with Crippen molar-refractivity contribution in [2.24, 2.45) is 17.8 Å². The minimum absolute atomic E-state index is 0.189. The number of hydrogen-bond donors (Lipinski definition) is 2. The summed E-state index contributed by atoms with van der Waals surface area (Å²) in [6, 6.07) is 6.38. The molecule has 0 aromatic heterocycles. The highest BCUT2D eigenvalue weighted by Crippen LogP contribution is 2.53. The van der Waals surface area contributed by atoms with Crippen LogP contribution in [0.5, 0.6) is 5.75 Å². The summed E-state index contributed by atoms with van der Waals surface area (Å²) in [6.45, 7) is 4.68. The van der Waals surface area contributed by atoms with Gasteiger partial charge in [-0.1, -0.05) is 13.3 Å². The van der Waals surface area contributed by atoms with E-state index in [1.54, 1.807) is 12.1 Å². The van der Waals surface area contributed by atoms with Gasteiger partial charge >= 0.3 is 10.4 Å². The third-order valence-electron chi connectivity index (χ3n) is 7.17. The molecule has 3 unspecified atom stereocenters. The van der Waals surface area contributed by atoms with Crippen LogP contribution in [0.15, 0.2) is 18.2 Å². The third-order valence-corrected chi connectivity index (χ3v) is 7.57. The molecule has 4 heterocycles. The lowest BCUT2D eigenvalue weighted by Gasteiger charge is -2.54. The molecule has 26 heavy (non-hydrogen) atoms. The van der Waals surface area contributed by atoms with Crippen molar-refractivity contribution in [1.82, 2.24) is 4.90 Å². The molecule has 4 fully saturated rings. The van der Waals surface area contributed by atoms with Crippen molar-refractivity contribution in [3.05, 3.63) is 23.8 Å². The fraction of sp³-hybridized carbons (Fsp3) is 0.684. The Morgan fingerprint density at radius 2 is 2.19 bits per heavy atom. The van der Waals surface area contributed by atoms with Gasteiger partial charge in [-0.2, -0.15) is 8.42 Å². The first kappa shape index (κ1) is 16.8. The van der Waals surface area contributed by atoms with E-state index in [9.17, 15) is 8.42 Å². The lowest BCUT2D eigenvalue weighted by atomic mass is 9.63. The van der Waals surface area contributed by atoms with Gasteiger partial charge in [-0.25, -0.2) is 0 Å². The molecule has 1 aliphatic carbocycles. The number of piperidine rings is 2. The molecule has 7 heteroatoms. The van der Waals surface area contributed by atoms with Gasteiger partial charge in [0.05, 0.1) is 0 Å². The van der Waals surface area contributed by atoms with Crippen LogP contribution in [0.3, 0.4) is 0 Å². The molecule has 0 spiro atoms. The molecule has 1 saturated carbocycles. The van der Waals surface area contributed by atoms with Crippen molar-refractivity contribution >= 4 is 16.1 Å². The average Bonchev–Trinajstić information content (AvgIpc) is 2.91. The van der Waals surface area contributed by atoms with E-state index < -0.39 is 10.4 Å². The minimum Gasteiger partial charge on any atom is -0.381 e. The highest BCUT2D eigenvalue weighted by Gasteiger charge is 2.53. The summed E-state index contributed by atoms with van der Waals surface area (Å²) in [7, 11) is -4.49. The first-order chi connectivity index (χ1) is 12.4. The Kier molecular flexibility index (Phi) is 3.78. The van der Waals surface area contributed by atoms with Crippen LogP contribution in [0.25, 0.3) is 0 Å². The molecule has 7 atom stereocenters. The van der Waals surface area contributed by atoms with Crippen molar-refractivity contribution in [1.29, 1.82) is 0 Å². The van der Waals surface area contributed by atoms with Crippen LogP contribution in [0.1, 0.15) is 44.1 Å². The largest absolute Gasteiger partial charge is 0.446 e. The van der Waals surface area contributed by atoms with Gasteiger partial charge in [-0.3, -0.25) is 9.45 Å². The number of benzene rings is 1. The summed E-state index contributed by atoms with van der Waals surface area (Å²) < 4.78 is 35.8. The van der Waals surface area contributed by atoms with Gasteiger partial charge in [-0.05, 0) is 67.3 Å². The molecule has 1 aromatic carbocycles. The Hall–Kier alpha value is -1.31. The Balaban J connectivity index is 1.48. The summed E-state index contributed by atoms with van der Waals surface area (Å²) in [5.41, 5.74) is 2.22. The summed E-state index contributed by atoms with van der Waals surface area (Å²) in [4.78, 5) is 2.73. The Bertz CT molecular complexity index is 827. The van der Waals surface area contributed by atoms with Crippen molar-refractivity contribution in [3.8, 4) is 5.75 Å². The Morgan fingerprint density at radius 1 is 1.35 bits per heavy atom. The van der Waals surface area contributed by atoms with E-state index in [2.05, 4.69) is 17.1 Å². The maximum Gasteiger partial charge on any atom is 0.446 e. The smallest absolute Gasteiger partial charge is 0.381 e. The maximum absolute atomic E-state index is 11.1. The van der Waals surface area contributed by atoms with Gasteiger partial charge in [0.25, 0.3) is 0 Å². The van der Waals surface area contributed by atoms with E-state index in [1.807, 2.05) is 6.07 Å². The predicted molar refractivity (Wildman–Crippen MR) is 98.7 cm³/mol. The summed E-state index contributed by atoms with van der Waals surface area (Å²) in [6.07, 6.45) is 5.01. The molecule has 6 rings (SSSR count). The zero-order valence-corrected chi connectivity index (χ0v) is 15.8. The minimum atomic E-state index is -4.49. The standard InChI is InChI=1S/C19H26N2O4S/c1-2-12-7-11-8-16-18-14(5-6-21(10-11)19(12)16)15-9-13(25-26(22,23)24)3-4-17(15)20-18/h3-4,9,11-12,14,16,18-20H,2,5-8,10H2,1H3,(H,22,23,24)/t11-,12+,14?,16+,18?,19+/m1/s1. The highest BCUT2D eigenvalue weighted by molar-refractivity contribution is 7.81. The van der Waals surface area contributed by atoms with Gasteiger partial charge < -0.3 is 9.50 Å². The van der Waals surface area contributed by atoms with E-state index in [0.29, 0.717) is 23.9 Å². The normalized spacial score (nSPS) is 40.3. The molecule has 4 bridgehead atoms. The predicted octanol–water partition coefficient (Wildman–Crippen LogP) is 2.89. The molecular weight excluding hydrogens is 352 g/mol. The number of anilines is 1. The molecule has 0 radical (unpaired) electrons. The van der Waals surface area contributed by atoms with Crippen LogP contribution in [0, 0.1) is 17.8 Å². The lowest BCUT2D eigenvalue weighted by Crippen LogP contribution is -2.59. The van der Waals surface area contributed by atoms with Crippen molar-refractivity contribution in [3.63, 3.8) is 0 Å². The van der Waals surface area contributed by atoms with Gasteiger partial charge in [0.2, 0.25) is 0 Å². The van der Waals surface area contributed by atoms with Gasteiger partial charge in [0.15, 0.2) is 0 Å². The molecule has 3 saturated heterocycles. The first-order valence-corrected chi connectivity index (χ1v) is 11.1.